The zero-order valence-electron chi connectivity index (χ0n) is 15.6. The molecule has 1 aromatic rings. The number of amides is 1. The van der Waals surface area contributed by atoms with E-state index in [1.807, 2.05) is 30.3 Å². The Morgan fingerprint density at radius 3 is 2.42 bits per heavy atom. The molecule has 0 saturated carbocycles. The molecule has 1 atom stereocenters. The standard InChI is InChI=1S/C19H25NO5S/c1-14(21)26-19(16(22)25-18(2,3)4)11-8-12-20(19)17(23)24-13-15-9-6-5-7-10-15/h5-7,9-10H,8,11-13H2,1-4H3. The van der Waals surface area contributed by atoms with Crippen molar-refractivity contribution in [2.24, 2.45) is 0 Å². The number of rotatable bonds is 4. The van der Waals surface area contributed by atoms with Gasteiger partial charge in [-0.3, -0.25) is 9.69 Å². The van der Waals surface area contributed by atoms with Gasteiger partial charge in [-0.2, -0.15) is 0 Å². The van der Waals surface area contributed by atoms with Crippen molar-refractivity contribution in [3.8, 4) is 0 Å². The van der Waals surface area contributed by atoms with Gasteiger partial charge in [0, 0.05) is 13.5 Å². The molecule has 1 aromatic carbocycles. The van der Waals surface area contributed by atoms with Gasteiger partial charge in [0.2, 0.25) is 0 Å². The third-order valence-corrected chi connectivity index (χ3v) is 5.01. The molecular weight excluding hydrogens is 354 g/mol. The Labute approximate surface area is 158 Å². The highest BCUT2D eigenvalue weighted by molar-refractivity contribution is 8.15. The van der Waals surface area contributed by atoms with Crippen molar-refractivity contribution < 1.29 is 23.9 Å². The lowest BCUT2D eigenvalue weighted by atomic mass is 10.1. The summed E-state index contributed by atoms with van der Waals surface area (Å²) in [6.07, 6.45) is 0.331. The molecule has 1 aliphatic heterocycles. The minimum Gasteiger partial charge on any atom is -0.458 e. The molecule has 142 valence electrons. The fourth-order valence-corrected chi connectivity index (χ4v) is 3.91. The van der Waals surface area contributed by atoms with Crippen molar-refractivity contribution >= 4 is 28.9 Å². The van der Waals surface area contributed by atoms with Crippen LogP contribution in [0.15, 0.2) is 30.3 Å². The predicted octanol–water partition coefficient (Wildman–Crippen LogP) is 3.74. The van der Waals surface area contributed by atoms with E-state index in [9.17, 15) is 14.4 Å². The first-order valence-corrected chi connectivity index (χ1v) is 9.37. The first-order chi connectivity index (χ1) is 12.1. The fraction of sp³-hybridized carbons (Fsp3) is 0.526. The van der Waals surface area contributed by atoms with Gasteiger partial charge in [-0.15, -0.1) is 0 Å². The normalized spacial score (nSPS) is 19.9. The van der Waals surface area contributed by atoms with Crippen LogP contribution < -0.4 is 0 Å². The second-order valence-corrected chi connectivity index (χ2v) is 8.63. The predicted molar refractivity (Wildman–Crippen MR) is 99.4 cm³/mol. The highest BCUT2D eigenvalue weighted by atomic mass is 32.2. The van der Waals surface area contributed by atoms with Gasteiger partial charge in [-0.25, -0.2) is 9.59 Å². The summed E-state index contributed by atoms with van der Waals surface area (Å²) in [5, 5.41) is -0.251. The average molecular weight is 379 g/mol. The zero-order chi connectivity index (χ0) is 19.4. The quantitative estimate of drug-likeness (QED) is 0.742. The molecule has 0 spiro atoms. The number of nitrogens with zero attached hydrogens (tertiary/aromatic N) is 1. The van der Waals surface area contributed by atoms with Crippen LogP contribution in [0.25, 0.3) is 0 Å². The molecule has 7 heteroatoms. The minimum atomic E-state index is -1.37. The summed E-state index contributed by atoms with van der Waals surface area (Å²) in [7, 11) is 0. The number of carbonyl (C=O) groups excluding carboxylic acids is 3. The van der Waals surface area contributed by atoms with Crippen LogP contribution in [-0.4, -0.2) is 39.1 Å². The lowest BCUT2D eigenvalue weighted by Crippen LogP contribution is -2.53. The van der Waals surface area contributed by atoms with E-state index < -0.39 is 22.5 Å². The molecule has 0 aliphatic carbocycles. The Morgan fingerprint density at radius 2 is 1.85 bits per heavy atom. The third-order valence-electron chi connectivity index (χ3n) is 3.79. The van der Waals surface area contributed by atoms with E-state index in [-0.39, 0.29) is 11.7 Å². The molecule has 1 aliphatic rings. The zero-order valence-corrected chi connectivity index (χ0v) is 16.4. The summed E-state index contributed by atoms with van der Waals surface area (Å²) in [5.74, 6) is -0.584. The van der Waals surface area contributed by atoms with Crippen LogP contribution in [0.2, 0.25) is 0 Å². The number of likely N-dealkylation sites (tertiary alicyclic amines) is 1. The largest absolute Gasteiger partial charge is 0.458 e. The highest BCUT2D eigenvalue weighted by Gasteiger charge is 2.54. The summed E-state index contributed by atoms with van der Waals surface area (Å²) in [6.45, 7) is 7.08. The first-order valence-electron chi connectivity index (χ1n) is 8.55. The molecule has 0 bridgehead atoms. The van der Waals surface area contributed by atoms with Crippen LogP contribution in [0, 0.1) is 0 Å². The summed E-state index contributed by atoms with van der Waals surface area (Å²) in [6, 6.07) is 9.29. The molecule has 0 radical (unpaired) electrons. The van der Waals surface area contributed by atoms with Gasteiger partial charge in [-0.1, -0.05) is 30.3 Å². The van der Waals surface area contributed by atoms with Crippen LogP contribution in [0.4, 0.5) is 4.79 Å². The van der Waals surface area contributed by atoms with Crippen LogP contribution in [0.1, 0.15) is 46.1 Å². The molecule has 1 unspecified atom stereocenters. The van der Waals surface area contributed by atoms with Gasteiger partial charge in [0.05, 0.1) is 0 Å². The van der Waals surface area contributed by atoms with E-state index in [1.165, 1.54) is 11.8 Å². The summed E-state index contributed by atoms with van der Waals surface area (Å²) in [5.41, 5.74) is 0.131. The maximum atomic E-state index is 12.9. The van der Waals surface area contributed by atoms with E-state index in [0.717, 1.165) is 17.3 Å². The van der Waals surface area contributed by atoms with Gasteiger partial charge in [0.25, 0.3) is 0 Å². The summed E-state index contributed by atoms with van der Waals surface area (Å²) >= 11 is 0.828. The molecule has 0 aromatic heterocycles. The van der Waals surface area contributed by atoms with Crippen molar-refractivity contribution in [3.05, 3.63) is 35.9 Å². The van der Waals surface area contributed by atoms with Crippen molar-refractivity contribution in [2.75, 3.05) is 6.54 Å². The SMILES string of the molecule is CC(=O)SC1(C(=O)OC(C)(C)C)CCCN1C(=O)OCc1ccccc1. The lowest BCUT2D eigenvalue weighted by Gasteiger charge is -2.36. The molecule has 1 amide bonds. The molecule has 0 N–H and O–H groups in total. The Hall–Kier alpha value is -2.02. The monoisotopic (exact) mass is 379 g/mol. The number of hydrogen-bond acceptors (Lipinski definition) is 6. The van der Waals surface area contributed by atoms with Crippen LogP contribution in [0.5, 0.6) is 0 Å². The minimum absolute atomic E-state index is 0.102. The Morgan fingerprint density at radius 1 is 1.19 bits per heavy atom. The smallest absolute Gasteiger partial charge is 0.411 e. The van der Waals surface area contributed by atoms with Crippen LogP contribution in [0.3, 0.4) is 0 Å². The molecule has 1 saturated heterocycles. The average Bonchev–Trinajstić information content (AvgIpc) is 2.96. The Bertz CT molecular complexity index is 670. The fourth-order valence-electron chi connectivity index (χ4n) is 2.78. The van der Waals surface area contributed by atoms with Gasteiger partial charge in [0.1, 0.15) is 12.2 Å². The number of benzene rings is 1. The Balaban J connectivity index is 2.18. The Kier molecular flexibility index (Phi) is 6.34. The maximum Gasteiger partial charge on any atom is 0.411 e. The van der Waals surface area contributed by atoms with E-state index in [4.69, 9.17) is 9.47 Å². The second-order valence-electron chi connectivity index (χ2n) is 7.18. The van der Waals surface area contributed by atoms with Crippen molar-refractivity contribution in [2.45, 2.75) is 57.6 Å². The molecule has 26 heavy (non-hydrogen) atoms. The molecule has 1 fully saturated rings. The second kappa shape index (κ2) is 8.12. The van der Waals surface area contributed by atoms with E-state index in [0.29, 0.717) is 19.4 Å². The van der Waals surface area contributed by atoms with E-state index in [1.54, 1.807) is 20.8 Å². The van der Waals surface area contributed by atoms with Gasteiger partial charge in [0.15, 0.2) is 9.99 Å². The summed E-state index contributed by atoms with van der Waals surface area (Å²) in [4.78, 5) is 37.3. The maximum absolute atomic E-state index is 12.9. The van der Waals surface area contributed by atoms with Gasteiger partial charge in [-0.05, 0) is 50.9 Å². The van der Waals surface area contributed by atoms with E-state index >= 15 is 0 Å². The lowest BCUT2D eigenvalue weighted by molar-refractivity contribution is -0.162. The van der Waals surface area contributed by atoms with Crippen molar-refractivity contribution in [3.63, 3.8) is 0 Å². The number of thioether (sulfide) groups is 1. The third kappa shape index (κ3) is 5.00. The van der Waals surface area contributed by atoms with E-state index in [2.05, 4.69) is 0 Å². The van der Waals surface area contributed by atoms with Crippen LogP contribution >= 0.6 is 11.8 Å². The molecular formula is C19H25NO5S. The number of esters is 1. The van der Waals surface area contributed by atoms with Crippen molar-refractivity contribution in [1.82, 2.24) is 4.90 Å². The summed E-state index contributed by atoms with van der Waals surface area (Å²) < 4.78 is 10.9. The topological polar surface area (TPSA) is 72.9 Å². The molecule has 6 nitrogen and oxygen atoms in total. The van der Waals surface area contributed by atoms with Gasteiger partial charge < -0.3 is 9.47 Å². The molecule has 1 heterocycles. The first kappa shape index (κ1) is 20.3. The number of ether oxygens (including phenoxy) is 2. The van der Waals surface area contributed by atoms with Crippen molar-refractivity contribution in [1.29, 1.82) is 0 Å². The number of hydrogen-bond donors (Lipinski definition) is 0. The van der Waals surface area contributed by atoms with Crippen LogP contribution in [-0.2, 0) is 25.7 Å². The number of carbonyl (C=O) groups is 3. The van der Waals surface area contributed by atoms with Gasteiger partial charge >= 0.3 is 12.1 Å². The molecule has 2 rings (SSSR count). The highest BCUT2D eigenvalue weighted by Crippen LogP contribution is 2.42.